The summed E-state index contributed by atoms with van der Waals surface area (Å²) in [4.78, 5) is 10.6. The van der Waals surface area contributed by atoms with Crippen molar-refractivity contribution in [2.75, 3.05) is 11.4 Å². The van der Waals surface area contributed by atoms with Crippen LogP contribution in [-0.2, 0) is 0 Å². The molecule has 1 aromatic rings. The molecular formula is C10H13ClIN3. The summed E-state index contributed by atoms with van der Waals surface area (Å²) in [6, 6.07) is 0. The van der Waals surface area contributed by atoms with Crippen molar-refractivity contribution in [2.24, 2.45) is 0 Å². The van der Waals surface area contributed by atoms with Gasteiger partial charge < -0.3 is 4.90 Å². The van der Waals surface area contributed by atoms with Crippen LogP contribution in [0, 0.1) is 3.57 Å². The lowest BCUT2D eigenvalue weighted by Crippen LogP contribution is -2.44. The van der Waals surface area contributed by atoms with E-state index < -0.39 is 0 Å². The molecule has 0 saturated carbocycles. The summed E-state index contributed by atoms with van der Waals surface area (Å²) < 4.78 is 1.08. The first-order chi connectivity index (χ1) is 7.03. The molecule has 15 heavy (non-hydrogen) atoms. The lowest BCUT2D eigenvalue weighted by molar-refractivity contribution is 0.519. The quantitative estimate of drug-likeness (QED) is 0.583. The minimum absolute atomic E-state index is 0.0319. The second kappa shape index (κ2) is 4.05. The molecule has 1 aliphatic heterocycles. The van der Waals surface area contributed by atoms with Crippen LogP contribution in [0.15, 0.2) is 12.5 Å². The Morgan fingerprint density at radius 3 is 2.87 bits per heavy atom. The van der Waals surface area contributed by atoms with Gasteiger partial charge >= 0.3 is 0 Å². The number of hydrogen-bond acceptors (Lipinski definition) is 3. The third-order valence-electron chi connectivity index (χ3n) is 2.97. The van der Waals surface area contributed by atoms with Crippen molar-refractivity contribution >= 4 is 40.0 Å². The predicted molar refractivity (Wildman–Crippen MR) is 70.4 cm³/mol. The third kappa shape index (κ3) is 1.93. The van der Waals surface area contributed by atoms with Crippen molar-refractivity contribution in [1.82, 2.24) is 9.97 Å². The van der Waals surface area contributed by atoms with Gasteiger partial charge in [-0.25, -0.2) is 9.97 Å². The topological polar surface area (TPSA) is 29.0 Å². The fourth-order valence-corrected chi connectivity index (χ4v) is 2.74. The lowest BCUT2D eigenvalue weighted by atomic mass is 10.0. The normalized spacial score (nSPS) is 24.5. The van der Waals surface area contributed by atoms with Gasteiger partial charge in [-0.2, -0.15) is 0 Å². The fraction of sp³-hybridized carbons (Fsp3) is 0.600. The first-order valence-corrected chi connectivity index (χ1v) is 6.42. The van der Waals surface area contributed by atoms with Gasteiger partial charge in [0.05, 0.1) is 14.5 Å². The van der Waals surface area contributed by atoms with Crippen LogP contribution in [-0.4, -0.2) is 27.4 Å². The Balaban J connectivity index is 2.37. The number of halogens is 2. The van der Waals surface area contributed by atoms with Gasteiger partial charge in [0.15, 0.2) is 0 Å². The highest BCUT2D eigenvalue weighted by Crippen LogP contribution is 2.37. The van der Waals surface area contributed by atoms with Crippen LogP contribution < -0.4 is 4.90 Å². The number of alkyl halides is 1. The summed E-state index contributed by atoms with van der Waals surface area (Å²) in [5.74, 6) is 0.999. The summed E-state index contributed by atoms with van der Waals surface area (Å²) in [5, 5.41) is 0.184. The highest BCUT2D eigenvalue weighted by atomic mass is 127. The highest BCUT2D eigenvalue weighted by Gasteiger charge is 2.41. The van der Waals surface area contributed by atoms with Gasteiger partial charge in [-0.1, -0.05) is 0 Å². The van der Waals surface area contributed by atoms with E-state index in [2.05, 4.69) is 51.3 Å². The van der Waals surface area contributed by atoms with Crippen molar-refractivity contribution in [2.45, 2.75) is 31.2 Å². The van der Waals surface area contributed by atoms with Gasteiger partial charge in [-0.15, -0.1) is 11.6 Å². The van der Waals surface area contributed by atoms with Gasteiger partial charge in [0, 0.05) is 12.7 Å². The van der Waals surface area contributed by atoms with Crippen molar-refractivity contribution < 1.29 is 0 Å². The molecule has 2 rings (SSSR count). The smallest absolute Gasteiger partial charge is 0.145 e. The largest absolute Gasteiger partial charge is 0.349 e. The molecule has 0 bridgehead atoms. The maximum Gasteiger partial charge on any atom is 0.145 e. The summed E-state index contributed by atoms with van der Waals surface area (Å²) in [6.45, 7) is 5.29. The van der Waals surface area contributed by atoms with E-state index in [0.29, 0.717) is 0 Å². The third-order valence-corrected chi connectivity index (χ3v) is 4.49. The summed E-state index contributed by atoms with van der Waals surface area (Å²) in [5.41, 5.74) is -0.0319. The molecule has 2 heterocycles. The molecule has 5 heteroatoms. The maximum absolute atomic E-state index is 6.31. The van der Waals surface area contributed by atoms with Gasteiger partial charge in [0.2, 0.25) is 0 Å². The van der Waals surface area contributed by atoms with Crippen molar-refractivity contribution in [3.05, 3.63) is 16.1 Å². The summed E-state index contributed by atoms with van der Waals surface area (Å²) in [6.07, 6.45) is 4.43. The first kappa shape index (κ1) is 11.4. The van der Waals surface area contributed by atoms with E-state index >= 15 is 0 Å². The first-order valence-electron chi connectivity index (χ1n) is 4.90. The summed E-state index contributed by atoms with van der Waals surface area (Å²) in [7, 11) is 0. The molecule has 0 spiro atoms. The zero-order valence-corrected chi connectivity index (χ0v) is 11.7. The highest BCUT2D eigenvalue weighted by molar-refractivity contribution is 14.1. The van der Waals surface area contributed by atoms with Crippen LogP contribution in [0.2, 0.25) is 0 Å². The van der Waals surface area contributed by atoms with E-state index in [9.17, 15) is 0 Å². The number of anilines is 1. The number of hydrogen-bond donors (Lipinski definition) is 0. The Hall–Kier alpha value is -0.100. The Bertz CT molecular complexity index is 369. The van der Waals surface area contributed by atoms with E-state index in [0.717, 1.165) is 22.4 Å². The maximum atomic E-state index is 6.31. The van der Waals surface area contributed by atoms with Crippen LogP contribution in [0.1, 0.15) is 20.3 Å². The SMILES string of the molecule is CC1(C)C(Cl)CCN1c1ncncc1I. The van der Waals surface area contributed by atoms with Crippen LogP contribution in [0.3, 0.4) is 0 Å². The molecule has 0 N–H and O–H groups in total. The number of rotatable bonds is 1. The molecule has 3 nitrogen and oxygen atoms in total. The molecule has 82 valence electrons. The Labute approximate surface area is 108 Å². The van der Waals surface area contributed by atoms with Crippen LogP contribution >= 0.6 is 34.2 Å². The Morgan fingerprint density at radius 2 is 2.33 bits per heavy atom. The second-order valence-corrected chi connectivity index (χ2v) is 5.94. The average Bonchev–Trinajstić information content (AvgIpc) is 2.44. The molecule has 1 aromatic heterocycles. The Morgan fingerprint density at radius 1 is 1.60 bits per heavy atom. The van der Waals surface area contributed by atoms with E-state index in [1.807, 2.05) is 6.20 Å². The van der Waals surface area contributed by atoms with Crippen LogP contribution in [0.5, 0.6) is 0 Å². The fourth-order valence-electron chi connectivity index (χ4n) is 1.94. The van der Waals surface area contributed by atoms with Crippen molar-refractivity contribution in [3.8, 4) is 0 Å². The molecule has 0 radical (unpaired) electrons. The van der Waals surface area contributed by atoms with Gasteiger partial charge in [0.1, 0.15) is 12.1 Å². The molecular weight excluding hydrogens is 324 g/mol. The minimum Gasteiger partial charge on any atom is -0.349 e. The second-order valence-electron chi connectivity index (χ2n) is 4.26. The van der Waals surface area contributed by atoms with E-state index in [1.165, 1.54) is 0 Å². The summed E-state index contributed by atoms with van der Waals surface area (Å²) >= 11 is 8.58. The molecule has 0 aromatic carbocycles. The number of nitrogens with zero attached hydrogens (tertiary/aromatic N) is 3. The molecule has 0 amide bonds. The minimum atomic E-state index is -0.0319. The molecule has 1 fully saturated rings. The van der Waals surface area contributed by atoms with E-state index in [-0.39, 0.29) is 10.9 Å². The van der Waals surface area contributed by atoms with Crippen LogP contribution in [0.4, 0.5) is 5.82 Å². The molecule has 1 unspecified atom stereocenters. The van der Waals surface area contributed by atoms with Gasteiger partial charge in [0.25, 0.3) is 0 Å². The van der Waals surface area contributed by atoms with Crippen LogP contribution in [0.25, 0.3) is 0 Å². The molecule has 0 aliphatic carbocycles. The molecule has 1 saturated heterocycles. The average molecular weight is 338 g/mol. The monoisotopic (exact) mass is 337 g/mol. The van der Waals surface area contributed by atoms with Gasteiger partial charge in [-0.05, 0) is 42.9 Å². The molecule has 1 aliphatic rings. The number of aromatic nitrogens is 2. The predicted octanol–water partition coefficient (Wildman–Crippen LogP) is 2.68. The van der Waals surface area contributed by atoms with Crippen molar-refractivity contribution in [3.63, 3.8) is 0 Å². The standard InChI is InChI=1S/C10H13ClIN3/c1-10(2)8(11)3-4-15(10)9-7(12)5-13-6-14-9/h5-6,8H,3-4H2,1-2H3. The zero-order chi connectivity index (χ0) is 11.1. The Kier molecular flexibility index (Phi) is 3.07. The van der Waals surface area contributed by atoms with Gasteiger partial charge in [-0.3, -0.25) is 0 Å². The van der Waals surface area contributed by atoms with E-state index in [4.69, 9.17) is 11.6 Å². The lowest BCUT2D eigenvalue weighted by Gasteiger charge is -2.34. The van der Waals surface area contributed by atoms with E-state index in [1.54, 1.807) is 6.33 Å². The molecule has 1 atom stereocenters. The van der Waals surface area contributed by atoms with Crippen molar-refractivity contribution in [1.29, 1.82) is 0 Å². The zero-order valence-electron chi connectivity index (χ0n) is 8.74.